The molecule has 140 valence electrons. The van der Waals surface area contributed by atoms with Gasteiger partial charge in [-0.3, -0.25) is 4.55 Å². The maximum absolute atomic E-state index is 11.1. The molecule has 0 atom stereocenters. The largest absolute Gasteiger partial charge is 0.395 e. The van der Waals surface area contributed by atoms with Crippen LogP contribution in [0.25, 0.3) is 26.0 Å². The molecule has 2 heterocycles. The number of rotatable bonds is 6. The number of benzene rings is 1. The third-order valence-corrected chi connectivity index (χ3v) is 7.09. The highest BCUT2D eigenvalue weighted by atomic mass is 32.2. The lowest BCUT2D eigenvalue weighted by molar-refractivity contribution is 0.304. The van der Waals surface area contributed by atoms with Crippen LogP contribution in [0.3, 0.4) is 0 Å². The van der Waals surface area contributed by atoms with Crippen molar-refractivity contribution in [1.82, 2.24) is 0 Å². The Balaban J connectivity index is 1.89. The quantitative estimate of drug-likeness (QED) is 0.464. The molecule has 1 aromatic carbocycles. The van der Waals surface area contributed by atoms with Gasteiger partial charge in [-0.15, -0.1) is 22.7 Å². The summed E-state index contributed by atoms with van der Waals surface area (Å²) in [7, 11) is -2.32. The maximum Gasteiger partial charge on any atom is 0.294 e. The number of nitrogens with zero attached hydrogens (tertiary/aromatic N) is 2. The SMILES string of the molecule is [C-]#[N+]/C(=C\c1cc2sc(N(C)CCO)cc2s1)c1ccc(S(=O)(=O)O)cc1. The van der Waals surface area contributed by atoms with Crippen molar-refractivity contribution in [3.8, 4) is 0 Å². The van der Waals surface area contributed by atoms with Gasteiger partial charge in [0, 0.05) is 27.9 Å². The monoisotopic (exact) mass is 420 g/mol. The van der Waals surface area contributed by atoms with Gasteiger partial charge >= 0.3 is 0 Å². The Bertz CT molecular complexity index is 1100. The van der Waals surface area contributed by atoms with Crippen molar-refractivity contribution in [2.75, 3.05) is 25.1 Å². The van der Waals surface area contributed by atoms with Gasteiger partial charge in [0.1, 0.15) is 0 Å². The van der Waals surface area contributed by atoms with Gasteiger partial charge in [-0.05, 0) is 35.9 Å². The summed E-state index contributed by atoms with van der Waals surface area (Å²) in [4.78, 5) is 6.26. The second kappa shape index (κ2) is 7.80. The number of aliphatic hydroxyl groups is 1. The molecule has 0 saturated carbocycles. The van der Waals surface area contributed by atoms with Crippen LogP contribution in [0.4, 0.5) is 5.00 Å². The Morgan fingerprint density at radius 2 is 1.89 bits per heavy atom. The normalized spacial score (nSPS) is 12.3. The first-order valence-electron chi connectivity index (χ1n) is 7.84. The van der Waals surface area contributed by atoms with E-state index in [4.69, 9.17) is 16.2 Å². The van der Waals surface area contributed by atoms with Crippen molar-refractivity contribution >= 4 is 59.0 Å². The van der Waals surface area contributed by atoms with Crippen LogP contribution in [-0.4, -0.2) is 38.3 Å². The summed E-state index contributed by atoms with van der Waals surface area (Å²) in [5.74, 6) is 0. The Hall–Kier alpha value is -2.22. The van der Waals surface area contributed by atoms with E-state index in [0.717, 1.165) is 19.3 Å². The molecule has 0 amide bonds. The first kappa shape index (κ1) is 19.5. The summed E-state index contributed by atoms with van der Waals surface area (Å²) >= 11 is 3.19. The molecule has 0 radical (unpaired) electrons. The average Bonchev–Trinajstić information content (AvgIpc) is 3.18. The molecule has 2 N–H and O–H groups in total. The van der Waals surface area contributed by atoms with E-state index in [9.17, 15) is 8.42 Å². The lowest BCUT2D eigenvalue weighted by atomic mass is 10.1. The molecule has 3 rings (SSSR count). The molecule has 0 aliphatic heterocycles. The van der Waals surface area contributed by atoms with E-state index in [2.05, 4.69) is 10.9 Å². The molecule has 0 aliphatic carbocycles. The van der Waals surface area contributed by atoms with Crippen molar-refractivity contribution in [3.05, 3.63) is 58.3 Å². The zero-order valence-corrected chi connectivity index (χ0v) is 16.7. The van der Waals surface area contributed by atoms with Crippen LogP contribution in [0.1, 0.15) is 10.4 Å². The summed E-state index contributed by atoms with van der Waals surface area (Å²) in [6, 6.07) is 9.64. The highest BCUT2D eigenvalue weighted by Gasteiger charge is 2.12. The van der Waals surface area contributed by atoms with Crippen LogP contribution in [0, 0.1) is 6.57 Å². The molecule has 0 unspecified atom stereocenters. The Morgan fingerprint density at radius 1 is 1.22 bits per heavy atom. The zero-order chi connectivity index (χ0) is 19.6. The van der Waals surface area contributed by atoms with Crippen LogP contribution in [0.5, 0.6) is 0 Å². The van der Waals surface area contributed by atoms with E-state index in [1.807, 2.05) is 18.0 Å². The van der Waals surface area contributed by atoms with Gasteiger partial charge in [-0.2, -0.15) is 8.42 Å². The summed E-state index contributed by atoms with van der Waals surface area (Å²) in [6.07, 6.45) is 1.77. The van der Waals surface area contributed by atoms with Gasteiger partial charge in [0.15, 0.2) is 5.70 Å². The van der Waals surface area contributed by atoms with Crippen molar-refractivity contribution < 1.29 is 18.1 Å². The summed E-state index contributed by atoms with van der Waals surface area (Å²) in [6.45, 7) is 8.09. The smallest absolute Gasteiger partial charge is 0.294 e. The van der Waals surface area contributed by atoms with Crippen LogP contribution in [0.2, 0.25) is 0 Å². The third-order valence-electron chi connectivity index (χ3n) is 3.87. The number of hydrogen-bond acceptors (Lipinski definition) is 6. The van der Waals surface area contributed by atoms with Crippen LogP contribution >= 0.6 is 22.7 Å². The number of fused-ring (bicyclic) bond motifs is 1. The number of thiophene rings is 2. The zero-order valence-electron chi connectivity index (χ0n) is 14.3. The highest BCUT2D eigenvalue weighted by molar-refractivity contribution is 7.85. The van der Waals surface area contributed by atoms with E-state index in [0.29, 0.717) is 17.8 Å². The fourth-order valence-corrected chi connectivity index (χ4v) is 5.28. The highest BCUT2D eigenvalue weighted by Crippen LogP contribution is 2.38. The Kier molecular flexibility index (Phi) is 5.64. The lowest BCUT2D eigenvalue weighted by Crippen LogP contribution is -2.19. The van der Waals surface area contributed by atoms with Gasteiger partial charge in [0.25, 0.3) is 10.1 Å². The van der Waals surface area contributed by atoms with Crippen molar-refractivity contribution in [1.29, 1.82) is 0 Å². The summed E-state index contributed by atoms with van der Waals surface area (Å²) in [5.41, 5.74) is 0.973. The molecule has 27 heavy (non-hydrogen) atoms. The molecule has 2 aromatic heterocycles. The van der Waals surface area contributed by atoms with Crippen LogP contribution in [-0.2, 0) is 10.1 Å². The first-order valence-corrected chi connectivity index (χ1v) is 10.9. The van der Waals surface area contributed by atoms with Crippen molar-refractivity contribution in [2.45, 2.75) is 4.90 Å². The summed E-state index contributed by atoms with van der Waals surface area (Å²) < 4.78 is 33.5. The third kappa shape index (κ3) is 4.37. The van der Waals surface area contributed by atoms with E-state index in [1.165, 1.54) is 24.3 Å². The maximum atomic E-state index is 11.1. The predicted octanol–water partition coefficient (Wildman–Crippen LogP) is 4.06. The minimum atomic E-state index is -4.25. The molecular formula is C18H16N2O4S3. The van der Waals surface area contributed by atoms with Crippen molar-refractivity contribution in [2.24, 2.45) is 0 Å². The van der Waals surface area contributed by atoms with Gasteiger partial charge < -0.3 is 10.0 Å². The Morgan fingerprint density at radius 3 is 2.44 bits per heavy atom. The molecule has 0 fully saturated rings. The van der Waals surface area contributed by atoms with Gasteiger partial charge in [0.2, 0.25) is 0 Å². The molecule has 0 bridgehead atoms. The second-order valence-corrected chi connectivity index (χ2v) is 9.35. The van der Waals surface area contributed by atoms with Crippen LogP contribution in [0.15, 0.2) is 41.3 Å². The lowest BCUT2D eigenvalue weighted by Gasteiger charge is -2.14. The first-order chi connectivity index (χ1) is 12.8. The molecule has 0 saturated heterocycles. The standard InChI is InChI=1S/C18H16N2O4S3/c1-19-15(12-3-5-14(6-4-12)27(22,23)24)9-13-10-16-17(25-13)11-18(26-16)20(2)7-8-21/h3-6,9-11,21H,7-8H2,2H3,(H,22,23,24)/b15-9-. The number of aliphatic hydroxyl groups excluding tert-OH is 1. The van der Waals surface area contributed by atoms with Crippen molar-refractivity contribution in [3.63, 3.8) is 0 Å². The molecule has 9 heteroatoms. The number of likely N-dealkylation sites (N-methyl/N-ethyl adjacent to an activating group) is 1. The number of hydrogen-bond donors (Lipinski definition) is 2. The fourth-order valence-electron chi connectivity index (χ4n) is 2.47. The van der Waals surface area contributed by atoms with E-state index in [1.54, 1.807) is 28.7 Å². The van der Waals surface area contributed by atoms with Crippen LogP contribution < -0.4 is 4.90 Å². The predicted molar refractivity (Wildman–Crippen MR) is 111 cm³/mol. The Labute approximate surface area is 165 Å². The minimum absolute atomic E-state index is 0.0980. The van der Waals surface area contributed by atoms with E-state index in [-0.39, 0.29) is 11.5 Å². The molecular weight excluding hydrogens is 404 g/mol. The fraction of sp³-hybridized carbons (Fsp3) is 0.167. The van der Waals surface area contributed by atoms with E-state index >= 15 is 0 Å². The topological polar surface area (TPSA) is 82.2 Å². The second-order valence-electron chi connectivity index (χ2n) is 5.75. The van der Waals surface area contributed by atoms with Gasteiger partial charge in [0.05, 0.1) is 23.1 Å². The molecule has 3 aromatic rings. The molecule has 0 spiro atoms. The van der Waals surface area contributed by atoms with Gasteiger partial charge in [-0.1, -0.05) is 12.1 Å². The summed E-state index contributed by atoms with van der Waals surface area (Å²) in [5, 5.41) is 10.1. The van der Waals surface area contributed by atoms with Gasteiger partial charge in [-0.25, -0.2) is 4.85 Å². The van der Waals surface area contributed by atoms with E-state index < -0.39 is 10.1 Å². The minimum Gasteiger partial charge on any atom is -0.395 e. The number of anilines is 1. The molecule has 0 aliphatic rings. The average molecular weight is 421 g/mol. The molecule has 6 nitrogen and oxygen atoms in total.